The summed E-state index contributed by atoms with van der Waals surface area (Å²) in [6.45, 7) is 13.5. The Kier molecular flexibility index (Phi) is 8.84. The van der Waals surface area contributed by atoms with E-state index in [2.05, 4.69) is 4.98 Å². The summed E-state index contributed by atoms with van der Waals surface area (Å²) < 4.78 is 12.3. The second-order valence-electron chi connectivity index (χ2n) is 12.5. The molecule has 0 aliphatic carbocycles. The maximum atomic E-state index is 13.4. The van der Waals surface area contributed by atoms with E-state index in [1.54, 1.807) is 38.3 Å². The van der Waals surface area contributed by atoms with Crippen molar-refractivity contribution in [1.82, 2.24) is 9.29 Å². The molecule has 1 saturated heterocycles. The smallest absolute Gasteiger partial charge is 0.416 e. The van der Waals surface area contributed by atoms with Gasteiger partial charge in [-0.25, -0.2) is 14.6 Å². The van der Waals surface area contributed by atoms with Gasteiger partial charge in [0, 0.05) is 10.4 Å². The van der Waals surface area contributed by atoms with Crippen LogP contribution < -0.4 is 9.64 Å². The average Bonchev–Trinajstić information content (AvgIpc) is 2.81. The molecule has 1 aliphatic heterocycles. The van der Waals surface area contributed by atoms with Crippen LogP contribution in [0, 0.1) is 12.8 Å². The molecule has 3 rings (SSSR count). The third-order valence-corrected chi connectivity index (χ3v) is 11.6. The average molecular weight is 574 g/mol. The fourth-order valence-electron chi connectivity index (χ4n) is 4.49. The molecule has 0 saturated carbocycles. The van der Waals surface area contributed by atoms with Crippen molar-refractivity contribution in [2.24, 2.45) is 5.92 Å². The molecule has 1 fully saturated rings. The van der Waals surface area contributed by atoms with Crippen LogP contribution in [0.4, 0.5) is 10.6 Å². The van der Waals surface area contributed by atoms with Crippen LogP contribution >= 0.6 is 10.2 Å². The van der Waals surface area contributed by atoms with Gasteiger partial charge in [0.15, 0.2) is 6.04 Å². The number of carboxylic acids is 1. The monoisotopic (exact) mass is 573 g/mol. The molecule has 0 unspecified atom stereocenters. The topological polar surface area (TPSA) is 109 Å². The molecule has 220 valence electrons. The second-order valence-corrected chi connectivity index (χ2v) is 16.7. The van der Waals surface area contributed by atoms with E-state index in [0.717, 1.165) is 11.1 Å². The number of aromatic nitrogens is 1. The fraction of sp³-hybridized carbons (Fsp3) is 0.533. The zero-order valence-corrected chi connectivity index (χ0v) is 26.1. The molecule has 2 atom stereocenters. The van der Waals surface area contributed by atoms with Gasteiger partial charge in [0.2, 0.25) is 5.91 Å². The minimum atomic E-state index is -1.69. The summed E-state index contributed by atoms with van der Waals surface area (Å²) in [6.07, 6.45) is 3.65. The molecule has 1 aromatic heterocycles. The van der Waals surface area contributed by atoms with E-state index in [0.29, 0.717) is 17.3 Å². The quantitative estimate of drug-likeness (QED) is 0.411. The van der Waals surface area contributed by atoms with Crippen molar-refractivity contribution in [2.45, 2.75) is 77.8 Å². The number of nitrogens with zero attached hydrogens (tertiary/aromatic N) is 3. The van der Waals surface area contributed by atoms with E-state index >= 15 is 0 Å². The zero-order chi connectivity index (χ0) is 30.2. The number of β-lactam (4-membered cyclic amide) rings is 1. The van der Waals surface area contributed by atoms with E-state index in [4.69, 9.17) is 9.47 Å². The number of hydrogen-bond donors (Lipinski definition) is 1. The first kappa shape index (κ1) is 31.3. The molecule has 9 nitrogen and oxygen atoms in total. The minimum Gasteiger partial charge on any atom is -0.497 e. The van der Waals surface area contributed by atoms with Gasteiger partial charge in [0.05, 0.1) is 19.6 Å². The number of aliphatic carboxylic acids is 1. The Labute approximate surface area is 239 Å². The van der Waals surface area contributed by atoms with Crippen molar-refractivity contribution in [3.8, 4) is 5.75 Å². The highest BCUT2D eigenvalue weighted by Crippen LogP contribution is 2.61. The number of methoxy groups -OCH3 is 1. The number of pyridine rings is 1. The Hall–Kier alpha value is -3.27. The van der Waals surface area contributed by atoms with Gasteiger partial charge in [-0.15, -0.1) is 0 Å². The van der Waals surface area contributed by atoms with Crippen LogP contribution in [0.2, 0.25) is 0 Å². The predicted octanol–water partition coefficient (Wildman–Crippen LogP) is 5.57. The molecule has 2 amide bonds. The second kappa shape index (κ2) is 11.3. The molecule has 0 spiro atoms. The van der Waals surface area contributed by atoms with E-state index in [-0.39, 0.29) is 23.6 Å². The number of amides is 2. The van der Waals surface area contributed by atoms with Gasteiger partial charge in [-0.3, -0.25) is 14.0 Å². The standard InChI is InChI=1S/C30H43N3O6S/c1-19-15-21(16-23-25(27(35)36)33(26(23)34)40(9,10)30(5,6)7)17-24(31-19)32(28(37)39-29(2,3)4)18-20-11-13-22(38-8)14-12-20/h11-15,17,23,25H,16,18H2,1-10H3,(H,35,36)/t23-,25+/m1/s1. The van der Waals surface area contributed by atoms with Crippen LogP contribution in [0.1, 0.15) is 58.4 Å². The first-order valence-corrected chi connectivity index (χ1v) is 15.7. The Morgan fingerprint density at radius 1 is 1.05 bits per heavy atom. The Morgan fingerprint density at radius 3 is 2.15 bits per heavy atom. The van der Waals surface area contributed by atoms with Gasteiger partial charge in [-0.05, 0) is 82.0 Å². The van der Waals surface area contributed by atoms with Crippen molar-refractivity contribution < 1.29 is 29.0 Å². The number of carbonyl (C=O) groups excluding carboxylic acids is 2. The maximum Gasteiger partial charge on any atom is 0.416 e. The summed E-state index contributed by atoms with van der Waals surface area (Å²) in [7, 11) is -0.104. The van der Waals surface area contributed by atoms with Crippen molar-refractivity contribution in [3.63, 3.8) is 0 Å². The molecule has 2 aromatic rings. The summed E-state index contributed by atoms with van der Waals surface area (Å²) in [5.74, 6) is -0.780. The number of aryl methyl sites for hydroxylation is 1. The highest BCUT2D eigenvalue weighted by Gasteiger charge is 2.57. The molecule has 0 bridgehead atoms. The fourth-order valence-corrected chi connectivity index (χ4v) is 6.47. The van der Waals surface area contributed by atoms with Gasteiger partial charge in [-0.2, -0.15) is 10.2 Å². The summed E-state index contributed by atoms with van der Waals surface area (Å²) in [5, 5.41) is 10.1. The third-order valence-electron chi connectivity index (χ3n) is 7.26. The van der Waals surface area contributed by atoms with Crippen molar-refractivity contribution in [3.05, 3.63) is 53.2 Å². The third kappa shape index (κ3) is 6.71. The lowest BCUT2D eigenvalue weighted by Gasteiger charge is -2.60. The number of carbonyl (C=O) groups is 3. The van der Waals surface area contributed by atoms with Crippen molar-refractivity contribution in [2.75, 3.05) is 24.5 Å². The van der Waals surface area contributed by atoms with Crippen LogP contribution in [0.3, 0.4) is 0 Å². The van der Waals surface area contributed by atoms with Crippen LogP contribution in [0.5, 0.6) is 5.75 Å². The van der Waals surface area contributed by atoms with E-state index < -0.39 is 39.8 Å². The van der Waals surface area contributed by atoms with Crippen molar-refractivity contribution >= 4 is 34.0 Å². The lowest BCUT2D eigenvalue weighted by Crippen LogP contribution is -2.66. The van der Waals surface area contributed by atoms with Gasteiger partial charge in [0.25, 0.3) is 0 Å². The van der Waals surface area contributed by atoms with Gasteiger partial charge < -0.3 is 14.6 Å². The predicted molar refractivity (Wildman–Crippen MR) is 159 cm³/mol. The number of benzene rings is 1. The zero-order valence-electron chi connectivity index (χ0n) is 25.3. The Bertz CT molecular complexity index is 1260. The number of ether oxygens (including phenoxy) is 2. The first-order valence-electron chi connectivity index (χ1n) is 13.3. The van der Waals surface area contributed by atoms with Crippen LogP contribution in [0.25, 0.3) is 0 Å². The van der Waals surface area contributed by atoms with Gasteiger partial charge >= 0.3 is 12.1 Å². The number of rotatable bonds is 8. The van der Waals surface area contributed by atoms with Gasteiger partial charge in [-0.1, -0.05) is 32.9 Å². The molecule has 40 heavy (non-hydrogen) atoms. The Morgan fingerprint density at radius 2 is 1.65 bits per heavy atom. The summed E-state index contributed by atoms with van der Waals surface area (Å²) in [5.41, 5.74) is 1.51. The molecular formula is C30H43N3O6S. The first-order chi connectivity index (χ1) is 18.4. The van der Waals surface area contributed by atoms with Crippen LogP contribution in [-0.2, 0) is 27.3 Å². The number of hydrogen-bond acceptors (Lipinski definition) is 6. The highest BCUT2D eigenvalue weighted by molar-refractivity contribution is 8.32. The molecular weight excluding hydrogens is 530 g/mol. The Balaban J connectivity index is 1.95. The van der Waals surface area contributed by atoms with E-state index in [1.165, 1.54) is 4.90 Å². The lowest BCUT2D eigenvalue weighted by molar-refractivity contribution is -0.162. The van der Waals surface area contributed by atoms with Crippen LogP contribution in [0.15, 0.2) is 36.4 Å². The minimum absolute atomic E-state index is 0.152. The van der Waals surface area contributed by atoms with Gasteiger partial charge in [0.1, 0.15) is 17.2 Å². The summed E-state index contributed by atoms with van der Waals surface area (Å²) in [6, 6.07) is 10.0. The van der Waals surface area contributed by atoms with Crippen molar-refractivity contribution in [1.29, 1.82) is 0 Å². The van der Waals surface area contributed by atoms with E-state index in [1.807, 2.05) is 70.5 Å². The molecule has 10 heteroatoms. The maximum absolute atomic E-state index is 13.4. The van der Waals surface area contributed by atoms with E-state index in [9.17, 15) is 19.5 Å². The molecule has 1 aromatic carbocycles. The molecule has 2 heterocycles. The normalized spacial score (nSPS) is 18.1. The number of carboxylic acid groups (broad SMARTS) is 1. The lowest BCUT2D eigenvalue weighted by atomic mass is 9.84. The largest absolute Gasteiger partial charge is 0.497 e. The highest BCUT2D eigenvalue weighted by atomic mass is 32.3. The SMILES string of the molecule is COc1ccc(CN(C(=O)OC(C)(C)C)c2cc(C[C@H]3C(=O)N(S(C)(C)C(C)(C)C)[C@@H]3C(=O)O)cc(C)n2)cc1. The number of anilines is 1. The van der Waals surface area contributed by atoms with Crippen LogP contribution in [-0.4, -0.2) is 68.4 Å². The summed E-state index contributed by atoms with van der Waals surface area (Å²) >= 11 is 0. The molecule has 1 aliphatic rings. The molecule has 0 radical (unpaired) electrons. The molecule has 1 N–H and O–H groups in total. The summed E-state index contributed by atoms with van der Waals surface area (Å²) in [4.78, 5) is 45.2.